The van der Waals surface area contributed by atoms with Crippen molar-refractivity contribution in [2.45, 2.75) is 0 Å². The average molecular weight is 448 g/mol. The van der Waals surface area contributed by atoms with Gasteiger partial charge in [0.25, 0.3) is 0 Å². The number of nitrogens with one attached hydrogen (secondary N) is 1. The number of hydrogen-bond acceptors (Lipinski definition) is 4. The number of carboxylic acids is 1. The summed E-state index contributed by atoms with van der Waals surface area (Å²) in [5, 5.41) is 30.6. The van der Waals surface area contributed by atoms with Crippen LogP contribution in [0.15, 0.2) is 8.95 Å². The van der Waals surface area contributed by atoms with Gasteiger partial charge < -0.3 is 20.6 Å². The molecule has 0 aromatic heterocycles. The van der Waals surface area contributed by atoms with E-state index >= 15 is 0 Å². The molecule has 0 bridgehead atoms. The number of hydrogen-bond donors (Lipinski definition) is 4. The molecule has 4 N–H and O–H groups in total. The molecule has 0 saturated heterocycles. The number of phenolic OH excluding ortho intramolecular Hbond substituents is 2. The van der Waals surface area contributed by atoms with Crippen LogP contribution in [0.3, 0.4) is 0 Å². The van der Waals surface area contributed by atoms with Crippen LogP contribution in [0.4, 0.5) is 5.69 Å². The van der Waals surface area contributed by atoms with Gasteiger partial charge in [0, 0.05) is 0 Å². The molecular formula is C9H6Br3NO5. The molecule has 1 aromatic carbocycles. The van der Waals surface area contributed by atoms with Crippen LogP contribution < -0.4 is 5.32 Å². The van der Waals surface area contributed by atoms with Gasteiger partial charge in [0.15, 0.2) is 5.75 Å². The number of amides is 1. The molecule has 0 aliphatic rings. The van der Waals surface area contributed by atoms with Crippen LogP contribution in [0.2, 0.25) is 0 Å². The minimum atomic E-state index is -1.41. The topological polar surface area (TPSA) is 107 Å². The van der Waals surface area contributed by atoms with Gasteiger partial charge in [0.2, 0.25) is 5.91 Å². The number of aromatic hydroxyl groups is 2. The number of phenols is 2. The molecule has 0 aliphatic carbocycles. The normalized spacial score (nSPS) is 10.2. The second kappa shape index (κ2) is 5.89. The van der Waals surface area contributed by atoms with Gasteiger partial charge in [0.1, 0.15) is 21.5 Å². The fourth-order valence-corrected chi connectivity index (χ4v) is 2.53. The monoisotopic (exact) mass is 445 g/mol. The zero-order valence-electron chi connectivity index (χ0n) is 8.50. The van der Waals surface area contributed by atoms with E-state index in [0.29, 0.717) is 0 Å². The third-order valence-electron chi connectivity index (χ3n) is 1.93. The summed E-state index contributed by atoms with van der Waals surface area (Å²) < 4.78 is -0.270. The first-order valence-corrected chi connectivity index (χ1v) is 7.04. The summed E-state index contributed by atoms with van der Waals surface area (Å²) in [5.41, 5.74) is -0.744. The Bertz CT molecular complexity index is 532. The molecule has 1 rings (SSSR count). The predicted octanol–water partition coefficient (Wildman–Crippen LogP) is 2.65. The maximum absolute atomic E-state index is 11.3. The third kappa shape index (κ3) is 2.78. The summed E-state index contributed by atoms with van der Waals surface area (Å²) in [5.74, 6) is -2.99. The van der Waals surface area contributed by atoms with Gasteiger partial charge in [-0.15, -0.1) is 0 Å². The van der Waals surface area contributed by atoms with E-state index in [-0.39, 0.29) is 20.0 Å². The maximum atomic E-state index is 11.3. The Morgan fingerprint density at radius 1 is 1.11 bits per heavy atom. The van der Waals surface area contributed by atoms with E-state index in [1.807, 2.05) is 0 Å². The van der Waals surface area contributed by atoms with Crippen LogP contribution in [-0.4, -0.2) is 32.5 Å². The van der Waals surface area contributed by atoms with Gasteiger partial charge in [-0.05, 0) is 31.9 Å². The number of anilines is 1. The summed E-state index contributed by atoms with van der Waals surface area (Å²) >= 11 is 8.68. The number of rotatable bonds is 3. The van der Waals surface area contributed by atoms with E-state index in [1.165, 1.54) is 0 Å². The average Bonchev–Trinajstić information content (AvgIpc) is 2.32. The van der Waals surface area contributed by atoms with Gasteiger partial charge in [0.05, 0.1) is 9.80 Å². The number of benzene rings is 1. The zero-order chi connectivity index (χ0) is 14.0. The minimum absolute atomic E-state index is 0.0678. The first kappa shape index (κ1) is 15.3. The highest BCUT2D eigenvalue weighted by Gasteiger charge is 2.26. The van der Waals surface area contributed by atoms with Gasteiger partial charge >= 0.3 is 5.97 Å². The fraction of sp³-hybridized carbons (Fsp3) is 0.111. The van der Waals surface area contributed by atoms with Crippen molar-refractivity contribution in [1.82, 2.24) is 0 Å². The molecule has 18 heavy (non-hydrogen) atoms. The number of carbonyl (C=O) groups is 2. The van der Waals surface area contributed by atoms with Crippen molar-refractivity contribution in [3.8, 4) is 11.5 Å². The Hall–Kier alpha value is -0.800. The Balaban J connectivity index is 3.56. The lowest BCUT2D eigenvalue weighted by atomic mass is 10.1. The summed E-state index contributed by atoms with van der Waals surface area (Å²) in [6, 6.07) is 0. The molecule has 0 radical (unpaired) electrons. The molecule has 0 saturated carbocycles. The molecule has 6 nitrogen and oxygen atoms in total. The van der Waals surface area contributed by atoms with E-state index < -0.39 is 28.9 Å². The van der Waals surface area contributed by atoms with Crippen molar-refractivity contribution < 1.29 is 24.9 Å². The van der Waals surface area contributed by atoms with Crippen LogP contribution in [-0.2, 0) is 4.79 Å². The Morgan fingerprint density at radius 3 is 2.11 bits per heavy atom. The SMILES string of the molecule is O=C(CBr)Nc1c(O)c(Br)c(O)c(Br)c1C(=O)O. The highest BCUT2D eigenvalue weighted by atomic mass is 79.9. The minimum Gasteiger partial charge on any atom is -0.505 e. The summed E-state index contributed by atoms with van der Waals surface area (Å²) in [7, 11) is 0. The maximum Gasteiger partial charge on any atom is 0.339 e. The predicted molar refractivity (Wildman–Crippen MR) is 74.6 cm³/mol. The van der Waals surface area contributed by atoms with Crippen molar-refractivity contribution >= 4 is 65.4 Å². The second-order valence-electron chi connectivity index (χ2n) is 3.06. The summed E-state index contributed by atoms with van der Waals surface area (Å²) in [6.45, 7) is 0. The standard InChI is InChI=1S/C9H6Br3NO5/c10-1-2(14)13-6-3(9(17)18)4(11)7(15)5(12)8(6)16/h15-16H,1H2,(H,13,14)(H,17,18). The van der Waals surface area contributed by atoms with Gasteiger partial charge in [-0.25, -0.2) is 4.79 Å². The number of carboxylic acid groups (broad SMARTS) is 1. The van der Waals surface area contributed by atoms with Crippen molar-refractivity contribution in [1.29, 1.82) is 0 Å². The highest BCUT2D eigenvalue weighted by Crippen LogP contribution is 2.47. The first-order chi connectivity index (χ1) is 8.31. The first-order valence-electron chi connectivity index (χ1n) is 4.33. The summed E-state index contributed by atoms with van der Waals surface area (Å²) in [4.78, 5) is 22.4. The number of carbonyl (C=O) groups excluding carboxylic acids is 1. The lowest BCUT2D eigenvalue weighted by Gasteiger charge is -2.14. The molecule has 0 heterocycles. The Labute approximate surface area is 126 Å². The van der Waals surface area contributed by atoms with E-state index in [0.717, 1.165) is 0 Å². The second-order valence-corrected chi connectivity index (χ2v) is 5.21. The molecule has 0 unspecified atom stereocenters. The van der Waals surface area contributed by atoms with E-state index in [4.69, 9.17) is 5.11 Å². The van der Waals surface area contributed by atoms with Gasteiger partial charge in [-0.1, -0.05) is 15.9 Å². The lowest BCUT2D eigenvalue weighted by Crippen LogP contribution is -2.16. The van der Waals surface area contributed by atoms with Crippen molar-refractivity contribution in [2.75, 3.05) is 10.6 Å². The van der Waals surface area contributed by atoms with Gasteiger partial charge in [-0.2, -0.15) is 0 Å². The van der Waals surface area contributed by atoms with E-state index in [2.05, 4.69) is 53.1 Å². The van der Waals surface area contributed by atoms with Crippen molar-refractivity contribution in [3.05, 3.63) is 14.5 Å². The summed E-state index contributed by atoms with van der Waals surface area (Å²) in [6.07, 6.45) is 0. The molecular weight excluding hydrogens is 442 g/mol. The smallest absolute Gasteiger partial charge is 0.339 e. The molecule has 9 heteroatoms. The van der Waals surface area contributed by atoms with Crippen LogP contribution in [0.1, 0.15) is 10.4 Å². The highest BCUT2D eigenvalue weighted by molar-refractivity contribution is 9.11. The van der Waals surface area contributed by atoms with Crippen LogP contribution >= 0.6 is 47.8 Å². The molecule has 0 atom stereocenters. The third-order valence-corrected chi connectivity index (χ3v) is 3.96. The fourth-order valence-electron chi connectivity index (χ4n) is 1.16. The van der Waals surface area contributed by atoms with Gasteiger partial charge in [-0.3, -0.25) is 4.79 Å². The number of aromatic carboxylic acids is 1. The largest absolute Gasteiger partial charge is 0.505 e. The van der Waals surface area contributed by atoms with Crippen LogP contribution in [0.25, 0.3) is 0 Å². The number of alkyl halides is 1. The molecule has 0 aliphatic heterocycles. The van der Waals surface area contributed by atoms with Crippen LogP contribution in [0, 0.1) is 0 Å². The van der Waals surface area contributed by atoms with E-state index in [9.17, 15) is 19.8 Å². The Morgan fingerprint density at radius 2 is 1.67 bits per heavy atom. The molecule has 98 valence electrons. The molecule has 1 aromatic rings. The molecule has 1 amide bonds. The molecule has 0 spiro atoms. The number of halogens is 3. The lowest BCUT2D eigenvalue weighted by molar-refractivity contribution is -0.113. The Kier molecular flexibility index (Phi) is 5.00. The quantitative estimate of drug-likeness (QED) is 0.324. The molecule has 0 fully saturated rings. The van der Waals surface area contributed by atoms with Crippen molar-refractivity contribution in [2.24, 2.45) is 0 Å². The van der Waals surface area contributed by atoms with Crippen LogP contribution in [0.5, 0.6) is 11.5 Å². The van der Waals surface area contributed by atoms with E-state index in [1.54, 1.807) is 0 Å². The zero-order valence-corrected chi connectivity index (χ0v) is 13.3. The van der Waals surface area contributed by atoms with Crippen molar-refractivity contribution in [3.63, 3.8) is 0 Å².